The van der Waals surface area contributed by atoms with Crippen LogP contribution in [0.3, 0.4) is 0 Å². The molecule has 0 aliphatic rings. The number of rotatable bonds is 4. The van der Waals surface area contributed by atoms with Crippen LogP contribution in [-0.2, 0) is 0 Å². The molecule has 4 aromatic rings. The Balaban J connectivity index is 1.58. The van der Waals surface area contributed by atoms with E-state index in [9.17, 15) is 18.0 Å². The zero-order valence-corrected chi connectivity index (χ0v) is 15.6. The number of fused-ring (bicyclic) bond motifs is 1. The molecule has 0 spiro atoms. The summed E-state index contributed by atoms with van der Waals surface area (Å²) in [6.45, 7) is 1.99. The maximum absolute atomic E-state index is 12.7. The van der Waals surface area contributed by atoms with Gasteiger partial charge in [-0.1, -0.05) is 29.8 Å². The number of hydrogen-bond acceptors (Lipinski definition) is 4. The van der Waals surface area contributed by atoms with Gasteiger partial charge in [-0.15, -0.1) is 13.2 Å². The number of nitrogens with zero attached hydrogens (tertiary/aromatic N) is 3. The lowest BCUT2D eigenvalue weighted by Gasteiger charge is -2.09. The third-order valence-corrected chi connectivity index (χ3v) is 4.34. The van der Waals surface area contributed by atoms with Crippen LogP contribution in [0.1, 0.15) is 15.9 Å². The van der Waals surface area contributed by atoms with E-state index in [1.165, 1.54) is 18.3 Å². The summed E-state index contributed by atoms with van der Waals surface area (Å²) in [5.41, 5.74) is 3.72. The number of ether oxygens (including phenoxy) is 1. The van der Waals surface area contributed by atoms with Gasteiger partial charge in [-0.3, -0.25) is 4.79 Å². The van der Waals surface area contributed by atoms with Crippen LogP contribution in [0.2, 0.25) is 0 Å². The van der Waals surface area contributed by atoms with Gasteiger partial charge in [-0.2, -0.15) is 5.10 Å². The van der Waals surface area contributed by atoms with Gasteiger partial charge in [0.05, 0.1) is 11.9 Å². The topological polar surface area (TPSA) is 68.5 Å². The highest BCUT2D eigenvalue weighted by Crippen LogP contribution is 2.25. The molecular formula is C21H15F3N4O2. The lowest BCUT2D eigenvalue weighted by atomic mass is 10.1. The average Bonchev–Trinajstić information content (AvgIpc) is 3.13. The van der Waals surface area contributed by atoms with Crippen molar-refractivity contribution in [1.29, 1.82) is 0 Å². The molecule has 0 saturated carbocycles. The van der Waals surface area contributed by atoms with Gasteiger partial charge in [0.25, 0.3) is 5.91 Å². The first-order valence-electron chi connectivity index (χ1n) is 8.87. The van der Waals surface area contributed by atoms with E-state index in [0.717, 1.165) is 29.0 Å². The quantitative estimate of drug-likeness (QED) is 0.520. The van der Waals surface area contributed by atoms with Crippen molar-refractivity contribution in [3.63, 3.8) is 0 Å². The first-order chi connectivity index (χ1) is 14.3. The van der Waals surface area contributed by atoms with Crippen molar-refractivity contribution in [2.75, 3.05) is 5.32 Å². The van der Waals surface area contributed by atoms with Crippen LogP contribution >= 0.6 is 0 Å². The summed E-state index contributed by atoms with van der Waals surface area (Å²) in [6, 6.07) is 14.5. The number of aryl methyl sites for hydroxylation is 1. The Morgan fingerprint density at radius 1 is 1.03 bits per heavy atom. The maximum Gasteiger partial charge on any atom is 0.573 e. The smallest absolute Gasteiger partial charge is 0.406 e. The van der Waals surface area contributed by atoms with Gasteiger partial charge in [-0.05, 0) is 37.3 Å². The van der Waals surface area contributed by atoms with Crippen molar-refractivity contribution >= 4 is 17.2 Å². The third kappa shape index (κ3) is 4.09. The first kappa shape index (κ1) is 19.4. The number of benzene rings is 2. The molecule has 0 fully saturated rings. The second-order valence-corrected chi connectivity index (χ2v) is 6.52. The van der Waals surface area contributed by atoms with Gasteiger partial charge in [0.2, 0.25) is 0 Å². The van der Waals surface area contributed by atoms with Crippen LogP contribution in [0, 0.1) is 6.92 Å². The van der Waals surface area contributed by atoms with Gasteiger partial charge in [-0.25, -0.2) is 9.50 Å². The number of nitrogens with one attached hydrogen (secondary N) is 1. The van der Waals surface area contributed by atoms with Gasteiger partial charge in [0, 0.05) is 17.4 Å². The molecule has 30 heavy (non-hydrogen) atoms. The molecule has 0 atom stereocenters. The van der Waals surface area contributed by atoms with E-state index < -0.39 is 12.3 Å². The third-order valence-electron chi connectivity index (χ3n) is 4.34. The van der Waals surface area contributed by atoms with E-state index in [4.69, 9.17) is 0 Å². The number of alkyl halides is 3. The van der Waals surface area contributed by atoms with E-state index in [0.29, 0.717) is 11.3 Å². The van der Waals surface area contributed by atoms with Crippen LogP contribution in [0.15, 0.2) is 67.0 Å². The molecule has 0 aliphatic heterocycles. The first-order valence-corrected chi connectivity index (χ1v) is 8.87. The number of hydrogen-bond donors (Lipinski definition) is 1. The van der Waals surface area contributed by atoms with Crippen molar-refractivity contribution in [1.82, 2.24) is 14.6 Å². The number of aromatic nitrogens is 3. The molecule has 1 amide bonds. The van der Waals surface area contributed by atoms with E-state index in [1.54, 1.807) is 16.8 Å². The van der Waals surface area contributed by atoms with E-state index >= 15 is 0 Å². The molecule has 2 aromatic carbocycles. The fourth-order valence-electron chi connectivity index (χ4n) is 2.93. The van der Waals surface area contributed by atoms with Crippen molar-refractivity contribution in [3.05, 3.63) is 78.1 Å². The lowest BCUT2D eigenvalue weighted by molar-refractivity contribution is -0.274. The SMILES string of the molecule is Cc1ccc(-c2ccnc3c(C(=O)Nc4ccc(OC(F)(F)F)cc4)cnn23)cc1. The average molecular weight is 412 g/mol. The van der Waals surface area contributed by atoms with Gasteiger partial charge >= 0.3 is 6.36 Å². The largest absolute Gasteiger partial charge is 0.573 e. The number of halogens is 3. The zero-order chi connectivity index (χ0) is 21.3. The molecule has 2 aromatic heterocycles. The van der Waals surface area contributed by atoms with Crippen LogP contribution in [0.25, 0.3) is 16.9 Å². The molecule has 2 heterocycles. The van der Waals surface area contributed by atoms with Gasteiger partial charge < -0.3 is 10.1 Å². The Kier molecular flexibility index (Phi) is 4.86. The summed E-state index contributed by atoms with van der Waals surface area (Å²) >= 11 is 0. The Bertz CT molecular complexity index is 1200. The van der Waals surface area contributed by atoms with E-state index in [1.807, 2.05) is 31.2 Å². The molecule has 0 saturated heterocycles. The molecular weight excluding hydrogens is 397 g/mol. The summed E-state index contributed by atoms with van der Waals surface area (Å²) in [5.74, 6) is -0.857. The highest BCUT2D eigenvalue weighted by atomic mass is 19.4. The monoisotopic (exact) mass is 412 g/mol. The number of amides is 1. The maximum atomic E-state index is 12.7. The summed E-state index contributed by atoms with van der Waals surface area (Å²) in [5, 5.41) is 6.91. The minimum absolute atomic E-state index is 0.236. The minimum Gasteiger partial charge on any atom is -0.406 e. The predicted octanol–water partition coefficient (Wildman–Crippen LogP) is 4.86. The fourth-order valence-corrected chi connectivity index (χ4v) is 2.93. The summed E-state index contributed by atoms with van der Waals surface area (Å²) in [4.78, 5) is 16.9. The molecule has 152 valence electrons. The predicted molar refractivity (Wildman–Crippen MR) is 104 cm³/mol. The number of anilines is 1. The van der Waals surface area contributed by atoms with Crippen LogP contribution in [0.5, 0.6) is 5.75 Å². The Labute approximate surface area is 168 Å². The number of carbonyl (C=O) groups is 1. The van der Waals surface area contributed by atoms with Crippen molar-refractivity contribution < 1.29 is 22.7 Å². The zero-order valence-electron chi connectivity index (χ0n) is 15.6. The molecule has 0 bridgehead atoms. The Morgan fingerprint density at radius 2 is 1.73 bits per heavy atom. The molecule has 9 heteroatoms. The number of carbonyl (C=O) groups excluding carboxylic acids is 1. The highest BCUT2D eigenvalue weighted by Gasteiger charge is 2.31. The van der Waals surface area contributed by atoms with Crippen molar-refractivity contribution in [3.8, 4) is 17.0 Å². The van der Waals surface area contributed by atoms with E-state index in [2.05, 4.69) is 20.1 Å². The molecule has 0 aliphatic carbocycles. The summed E-state index contributed by atoms with van der Waals surface area (Å²) in [7, 11) is 0. The van der Waals surface area contributed by atoms with Gasteiger partial charge in [0.15, 0.2) is 5.65 Å². The summed E-state index contributed by atoms with van der Waals surface area (Å²) < 4.78 is 42.1. The standard InChI is InChI=1S/C21H15F3N4O2/c1-13-2-4-14(5-3-13)18-10-11-25-19-17(12-26-28(18)19)20(29)27-15-6-8-16(9-7-15)30-21(22,23)24/h2-12H,1H3,(H,27,29). The molecule has 6 nitrogen and oxygen atoms in total. The molecule has 0 unspecified atom stereocenters. The second-order valence-electron chi connectivity index (χ2n) is 6.52. The van der Waals surface area contributed by atoms with Crippen LogP contribution in [-0.4, -0.2) is 26.9 Å². The van der Waals surface area contributed by atoms with Crippen molar-refractivity contribution in [2.24, 2.45) is 0 Å². The Hall–Kier alpha value is -3.88. The molecule has 1 N–H and O–H groups in total. The Morgan fingerprint density at radius 3 is 2.40 bits per heavy atom. The minimum atomic E-state index is -4.78. The molecule has 0 radical (unpaired) electrons. The highest BCUT2D eigenvalue weighted by molar-refractivity contribution is 6.08. The van der Waals surface area contributed by atoms with Gasteiger partial charge in [0.1, 0.15) is 11.3 Å². The second kappa shape index (κ2) is 7.51. The fraction of sp³-hybridized carbons (Fsp3) is 0.0952. The lowest BCUT2D eigenvalue weighted by Crippen LogP contribution is -2.17. The van der Waals surface area contributed by atoms with Crippen molar-refractivity contribution in [2.45, 2.75) is 13.3 Å². The van der Waals surface area contributed by atoms with E-state index in [-0.39, 0.29) is 11.3 Å². The molecule has 4 rings (SSSR count). The normalized spacial score (nSPS) is 11.5. The van der Waals surface area contributed by atoms with Crippen LogP contribution < -0.4 is 10.1 Å². The summed E-state index contributed by atoms with van der Waals surface area (Å²) in [6.07, 6.45) is -1.79. The van der Waals surface area contributed by atoms with Crippen LogP contribution in [0.4, 0.5) is 18.9 Å².